The summed E-state index contributed by atoms with van der Waals surface area (Å²) in [5, 5.41) is 1.33. The van der Waals surface area contributed by atoms with Crippen LogP contribution in [0.3, 0.4) is 0 Å². The highest BCUT2D eigenvalue weighted by Gasteiger charge is 2.23. The van der Waals surface area contributed by atoms with E-state index in [-0.39, 0.29) is 0 Å². The summed E-state index contributed by atoms with van der Waals surface area (Å²) in [5.41, 5.74) is 1.15. The van der Waals surface area contributed by atoms with Crippen LogP contribution in [-0.4, -0.2) is 4.98 Å². The minimum Gasteiger partial charge on any atom is -0.245 e. The molecule has 0 atom stereocenters. The fourth-order valence-electron chi connectivity index (χ4n) is 1.23. The molecule has 1 nitrogen and oxygen atoms in total. The predicted octanol–water partition coefficient (Wildman–Crippen LogP) is 3.48. The van der Waals surface area contributed by atoms with E-state index in [1.54, 1.807) is 11.3 Å². The molecule has 1 fully saturated rings. The highest BCUT2D eigenvalue weighted by Crippen LogP contribution is 2.40. The quantitative estimate of drug-likeness (QED) is 0.722. The van der Waals surface area contributed by atoms with Crippen molar-refractivity contribution in [3.05, 3.63) is 14.5 Å². The van der Waals surface area contributed by atoms with Gasteiger partial charge in [-0.1, -0.05) is 6.42 Å². The second-order valence-corrected chi connectivity index (χ2v) is 5.39. The lowest BCUT2D eigenvalue weighted by molar-refractivity contribution is 0.418. The van der Waals surface area contributed by atoms with Gasteiger partial charge in [0.2, 0.25) is 0 Å². The van der Waals surface area contributed by atoms with Crippen LogP contribution in [0.2, 0.25) is 0 Å². The third-order valence-electron chi connectivity index (χ3n) is 2.21. The Morgan fingerprint density at radius 3 is 2.64 bits per heavy atom. The molecule has 1 aliphatic carbocycles. The monoisotopic (exact) mass is 231 g/mol. The van der Waals surface area contributed by atoms with Crippen molar-refractivity contribution in [2.45, 2.75) is 32.1 Å². The maximum absolute atomic E-state index is 4.50. The predicted molar refractivity (Wildman–Crippen MR) is 51.1 cm³/mol. The van der Waals surface area contributed by atoms with Crippen molar-refractivity contribution < 1.29 is 0 Å². The molecule has 1 aliphatic rings. The summed E-state index contributed by atoms with van der Waals surface area (Å²) in [6.45, 7) is 2.06. The summed E-state index contributed by atoms with van der Waals surface area (Å²) in [7, 11) is 0. The minimum atomic E-state index is 0.782. The highest BCUT2D eigenvalue weighted by atomic mass is 79.9. The molecule has 11 heavy (non-hydrogen) atoms. The lowest BCUT2D eigenvalue weighted by Crippen LogP contribution is -2.07. The van der Waals surface area contributed by atoms with Gasteiger partial charge in [-0.15, -0.1) is 11.3 Å². The van der Waals surface area contributed by atoms with Crippen LogP contribution < -0.4 is 0 Å². The molecule has 1 aromatic rings. The van der Waals surface area contributed by atoms with Gasteiger partial charge in [0.05, 0.1) is 14.5 Å². The molecule has 2 rings (SSSR count). The number of rotatable bonds is 1. The molecule has 0 amide bonds. The van der Waals surface area contributed by atoms with Crippen molar-refractivity contribution in [2.75, 3.05) is 0 Å². The summed E-state index contributed by atoms with van der Waals surface area (Å²) in [5.74, 6) is 0.782. The Labute approximate surface area is 79.0 Å². The van der Waals surface area contributed by atoms with E-state index in [0.29, 0.717) is 0 Å². The molecular weight excluding hydrogens is 222 g/mol. The van der Waals surface area contributed by atoms with E-state index in [9.17, 15) is 0 Å². The van der Waals surface area contributed by atoms with Gasteiger partial charge in [-0.3, -0.25) is 0 Å². The van der Waals surface area contributed by atoms with Gasteiger partial charge in [-0.2, -0.15) is 0 Å². The second-order valence-electron chi connectivity index (χ2n) is 3.04. The number of hydrogen-bond donors (Lipinski definition) is 0. The summed E-state index contributed by atoms with van der Waals surface area (Å²) in [4.78, 5) is 4.50. The fraction of sp³-hybridized carbons (Fsp3) is 0.625. The number of hydrogen-bond acceptors (Lipinski definition) is 2. The van der Waals surface area contributed by atoms with Crippen LogP contribution in [0.1, 0.15) is 35.9 Å². The molecule has 0 N–H and O–H groups in total. The minimum absolute atomic E-state index is 0.782. The first-order valence-corrected chi connectivity index (χ1v) is 5.51. The average molecular weight is 232 g/mol. The van der Waals surface area contributed by atoms with Crippen LogP contribution >= 0.6 is 27.3 Å². The Kier molecular flexibility index (Phi) is 2.02. The van der Waals surface area contributed by atoms with Crippen LogP contribution in [0.25, 0.3) is 0 Å². The Hall–Kier alpha value is 0.110. The van der Waals surface area contributed by atoms with Crippen molar-refractivity contribution >= 4 is 27.3 Å². The Bertz CT molecular complexity index is 246. The highest BCUT2D eigenvalue weighted by molar-refractivity contribution is 9.11. The molecule has 0 aliphatic heterocycles. The molecule has 1 heterocycles. The van der Waals surface area contributed by atoms with Crippen molar-refractivity contribution in [1.29, 1.82) is 0 Å². The normalized spacial score (nSPS) is 18.4. The summed E-state index contributed by atoms with van der Waals surface area (Å²) in [6.07, 6.45) is 4.08. The standard InChI is InChI=1S/C8H10BrNS/c1-5-7(9)11-8(10-5)6-3-2-4-6/h6H,2-4H2,1H3. The van der Waals surface area contributed by atoms with Crippen molar-refractivity contribution in [3.8, 4) is 0 Å². The zero-order valence-electron chi connectivity index (χ0n) is 6.43. The van der Waals surface area contributed by atoms with Gasteiger partial charge in [0.1, 0.15) is 0 Å². The number of thiazole rings is 1. The first-order chi connectivity index (χ1) is 5.27. The molecule has 1 aromatic heterocycles. The number of nitrogens with zero attached hydrogens (tertiary/aromatic N) is 1. The summed E-state index contributed by atoms with van der Waals surface area (Å²) in [6, 6.07) is 0. The molecule has 60 valence electrons. The van der Waals surface area contributed by atoms with Crippen LogP contribution in [0.15, 0.2) is 3.79 Å². The van der Waals surface area contributed by atoms with Gasteiger partial charge >= 0.3 is 0 Å². The topological polar surface area (TPSA) is 12.9 Å². The molecule has 1 saturated carbocycles. The Morgan fingerprint density at radius 2 is 2.27 bits per heavy atom. The molecule has 0 bridgehead atoms. The van der Waals surface area contributed by atoms with E-state index in [2.05, 4.69) is 27.8 Å². The van der Waals surface area contributed by atoms with Gasteiger partial charge in [-0.05, 0) is 35.7 Å². The molecular formula is C8H10BrNS. The number of halogens is 1. The van der Waals surface area contributed by atoms with Gasteiger partial charge in [0.25, 0.3) is 0 Å². The van der Waals surface area contributed by atoms with Gasteiger partial charge in [0, 0.05) is 5.92 Å². The average Bonchev–Trinajstić information content (AvgIpc) is 2.08. The second kappa shape index (κ2) is 2.87. The first-order valence-electron chi connectivity index (χ1n) is 3.90. The van der Waals surface area contributed by atoms with E-state index in [1.165, 1.54) is 28.1 Å². The maximum Gasteiger partial charge on any atom is 0.0970 e. The molecule has 0 spiro atoms. The fourth-order valence-corrected chi connectivity index (χ4v) is 2.78. The van der Waals surface area contributed by atoms with Gasteiger partial charge < -0.3 is 0 Å². The van der Waals surface area contributed by atoms with Gasteiger partial charge in [0.15, 0.2) is 0 Å². The van der Waals surface area contributed by atoms with E-state index in [0.717, 1.165) is 11.6 Å². The molecule has 0 saturated heterocycles. The number of aryl methyl sites for hydroxylation is 1. The van der Waals surface area contributed by atoms with E-state index in [1.807, 2.05) is 0 Å². The van der Waals surface area contributed by atoms with Crippen molar-refractivity contribution in [1.82, 2.24) is 4.98 Å². The van der Waals surface area contributed by atoms with E-state index >= 15 is 0 Å². The third kappa shape index (κ3) is 1.36. The lowest BCUT2D eigenvalue weighted by atomic mass is 9.86. The van der Waals surface area contributed by atoms with Crippen LogP contribution in [0, 0.1) is 6.92 Å². The zero-order chi connectivity index (χ0) is 7.84. The molecule has 0 aromatic carbocycles. The lowest BCUT2D eigenvalue weighted by Gasteiger charge is -2.22. The summed E-state index contributed by atoms with van der Waals surface area (Å²) < 4.78 is 1.21. The molecule has 0 unspecified atom stereocenters. The maximum atomic E-state index is 4.50. The smallest absolute Gasteiger partial charge is 0.0970 e. The third-order valence-corrected chi connectivity index (χ3v) is 4.38. The largest absolute Gasteiger partial charge is 0.245 e. The van der Waals surface area contributed by atoms with Crippen LogP contribution in [0.5, 0.6) is 0 Å². The Balaban J connectivity index is 2.24. The molecule has 3 heteroatoms. The van der Waals surface area contributed by atoms with Crippen molar-refractivity contribution in [2.24, 2.45) is 0 Å². The van der Waals surface area contributed by atoms with Crippen LogP contribution in [-0.2, 0) is 0 Å². The van der Waals surface area contributed by atoms with E-state index < -0.39 is 0 Å². The van der Waals surface area contributed by atoms with Crippen molar-refractivity contribution in [3.63, 3.8) is 0 Å². The zero-order valence-corrected chi connectivity index (χ0v) is 8.83. The van der Waals surface area contributed by atoms with E-state index in [4.69, 9.17) is 0 Å². The first kappa shape index (κ1) is 7.74. The number of aromatic nitrogens is 1. The van der Waals surface area contributed by atoms with Crippen LogP contribution in [0.4, 0.5) is 0 Å². The van der Waals surface area contributed by atoms with Gasteiger partial charge in [-0.25, -0.2) is 4.98 Å². The Morgan fingerprint density at radius 1 is 1.55 bits per heavy atom. The molecule has 0 radical (unpaired) electrons. The summed E-state index contributed by atoms with van der Waals surface area (Å²) >= 11 is 5.30. The SMILES string of the molecule is Cc1nc(C2CCC2)sc1Br.